The molecule has 2 fully saturated rings. The number of nitriles is 1. The number of aryl methyl sites for hydroxylation is 1. The number of carbonyl (C=O) groups is 1. The molecule has 1 N–H and O–H groups in total. The summed E-state index contributed by atoms with van der Waals surface area (Å²) in [4.78, 5) is 14.6. The maximum atomic E-state index is 12.8. The van der Waals surface area contributed by atoms with E-state index in [4.69, 9.17) is 11.6 Å². The normalized spacial score (nSPS) is 25.5. The fourth-order valence-corrected chi connectivity index (χ4v) is 5.18. The minimum absolute atomic E-state index is 0.0148. The molecule has 27 heavy (non-hydrogen) atoms. The number of halogens is 1. The Hall–Kier alpha value is -2.52. The van der Waals surface area contributed by atoms with Gasteiger partial charge in [0.25, 0.3) is 5.91 Å². The Labute approximate surface area is 162 Å². The summed E-state index contributed by atoms with van der Waals surface area (Å²) in [5, 5.41) is 17.3. The molecule has 0 saturated carbocycles. The van der Waals surface area contributed by atoms with Crippen LogP contribution in [0.25, 0.3) is 5.69 Å². The highest BCUT2D eigenvalue weighted by atomic mass is 35.5. The lowest BCUT2D eigenvalue weighted by atomic mass is 9.95. The SMILES string of the molecule is N#CN1[C@H]2CC[C@@H]1C(NC(=O)c1ccc(-n3ncc4c3CCC4)cc1Cl)C2. The molecule has 2 bridgehead atoms. The molecule has 1 aromatic heterocycles. The number of hydrogen-bond donors (Lipinski definition) is 1. The summed E-state index contributed by atoms with van der Waals surface area (Å²) < 4.78 is 1.93. The van der Waals surface area contributed by atoms with E-state index in [0.717, 1.165) is 44.2 Å². The maximum absolute atomic E-state index is 12.8. The summed E-state index contributed by atoms with van der Waals surface area (Å²) in [5.41, 5.74) is 3.89. The smallest absolute Gasteiger partial charge is 0.253 e. The molecule has 1 aromatic carbocycles. The summed E-state index contributed by atoms with van der Waals surface area (Å²) in [6.45, 7) is 0. The van der Waals surface area contributed by atoms with Crippen molar-refractivity contribution < 1.29 is 4.79 Å². The first-order valence-electron chi connectivity index (χ1n) is 9.50. The average molecular weight is 382 g/mol. The number of amides is 1. The molecule has 6 nitrogen and oxygen atoms in total. The van der Waals surface area contributed by atoms with Gasteiger partial charge in [-0.3, -0.25) is 4.79 Å². The van der Waals surface area contributed by atoms with Crippen LogP contribution in [0.4, 0.5) is 0 Å². The van der Waals surface area contributed by atoms with E-state index in [1.54, 1.807) is 6.07 Å². The van der Waals surface area contributed by atoms with Gasteiger partial charge < -0.3 is 10.2 Å². The van der Waals surface area contributed by atoms with Crippen molar-refractivity contribution in [2.75, 3.05) is 0 Å². The van der Waals surface area contributed by atoms with Gasteiger partial charge in [-0.2, -0.15) is 10.4 Å². The largest absolute Gasteiger partial charge is 0.347 e. The van der Waals surface area contributed by atoms with Crippen LogP contribution in [0.2, 0.25) is 5.02 Å². The van der Waals surface area contributed by atoms with Crippen molar-refractivity contribution >= 4 is 17.5 Å². The fourth-order valence-electron chi connectivity index (χ4n) is 4.92. The van der Waals surface area contributed by atoms with Gasteiger partial charge in [0.1, 0.15) is 0 Å². The number of carbonyl (C=O) groups excluding carboxylic acids is 1. The summed E-state index contributed by atoms with van der Waals surface area (Å²) in [7, 11) is 0. The van der Waals surface area contributed by atoms with Crippen molar-refractivity contribution in [2.24, 2.45) is 0 Å². The van der Waals surface area contributed by atoms with Gasteiger partial charge in [-0.25, -0.2) is 4.68 Å². The molecule has 0 spiro atoms. The predicted octanol–water partition coefficient (Wildman–Crippen LogP) is 2.83. The number of hydrogen-bond acceptors (Lipinski definition) is 4. The van der Waals surface area contributed by atoms with E-state index in [2.05, 4.69) is 16.6 Å². The van der Waals surface area contributed by atoms with Crippen LogP contribution in [0.1, 0.15) is 47.3 Å². The zero-order valence-corrected chi connectivity index (χ0v) is 15.6. The minimum Gasteiger partial charge on any atom is -0.347 e. The maximum Gasteiger partial charge on any atom is 0.253 e. The Kier molecular flexibility index (Phi) is 3.87. The Balaban J connectivity index is 1.35. The van der Waals surface area contributed by atoms with Crippen molar-refractivity contribution in [3.63, 3.8) is 0 Å². The van der Waals surface area contributed by atoms with Crippen LogP contribution in [0.5, 0.6) is 0 Å². The number of aromatic nitrogens is 2. The summed E-state index contributed by atoms with van der Waals surface area (Å²) in [6, 6.07) is 5.88. The molecule has 1 unspecified atom stereocenters. The van der Waals surface area contributed by atoms with Crippen LogP contribution in [-0.2, 0) is 12.8 Å². The lowest BCUT2D eigenvalue weighted by molar-refractivity contribution is 0.0928. The lowest BCUT2D eigenvalue weighted by Crippen LogP contribution is -2.43. The predicted molar refractivity (Wildman–Crippen MR) is 101 cm³/mol. The van der Waals surface area contributed by atoms with Gasteiger partial charge in [0.15, 0.2) is 6.19 Å². The topological polar surface area (TPSA) is 74.0 Å². The van der Waals surface area contributed by atoms with E-state index in [1.807, 2.05) is 27.9 Å². The molecule has 1 aliphatic carbocycles. The molecule has 0 radical (unpaired) electrons. The second-order valence-electron chi connectivity index (χ2n) is 7.67. The number of benzene rings is 1. The van der Waals surface area contributed by atoms with Crippen molar-refractivity contribution in [3.8, 4) is 11.9 Å². The van der Waals surface area contributed by atoms with Crippen LogP contribution < -0.4 is 5.32 Å². The van der Waals surface area contributed by atoms with Crippen molar-refractivity contribution in [1.29, 1.82) is 5.26 Å². The lowest BCUT2D eigenvalue weighted by Gasteiger charge is -2.22. The van der Waals surface area contributed by atoms with Gasteiger partial charge in [-0.1, -0.05) is 11.6 Å². The van der Waals surface area contributed by atoms with Gasteiger partial charge >= 0.3 is 0 Å². The van der Waals surface area contributed by atoms with Crippen molar-refractivity contribution in [1.82, 2.24) is 20.0 Å². The third kappa shape index (κ3) is 2.61. The quantitative estimate of drug-likeness (QED) is 0.829. The molecule has 2 saturated heterocycles. The highest BCUT2D eigenvalue weighted by Gasteiger charge is 2.46. The highest BCUT2D eigenvalue weighted by molar-refractivity contribution is 6.34. The van der Waals surface area contributed by atoms with Crippen molar-refractivity contribution in [2.45, 2.75) is 56.7 Å². The standard InChI is InChI=1S/C20H20ClN5O/c21-16-8-14(26-18-3-1-2-12(18)10-23-26)4-6-15(16)20(27)24-17-9-13-5-7-19(17)25(13)11-22/h4,6,8,10,13,17,19H,1-3,5,7,9H2,(H,24,27)/t13-,17?,19+/m0/s1. The number of nitrogens with one attached hydrogen (secondary N) is 1. The molecule has 5 rings (SSSR count). The van der Waals surface area contributed by atoms with Crippen LogP contribution in [0, 0.1) is 11.5 Å². The van der Waals surface area contributed by atoms with Crippen LogP contribution in [0.15, 0.2) is 24.4 Å². The molecule has 138 valence electrons. The van der Waals surface area contributed by atoms with Crippen LogP contribution >= 0.6 is 11.6 Å². The monoisotopic (exact) mass is 381 g/mol. The average Bonchev–Trinajstić information content (AvgIpc) is 3.41. The van der Waals surface area contributed by atoms with Crippen molar-refractivity contribution in [3.05, 3.63) is 46.2 Å². The Morgan fingerprint density at radius 1 is 1.33 bits per heavy atom. The third-order valence-electron chi connectivity index (χ3n) is 6.23. The first-order chi connectivity index (χ1) is 13.2. The zero-order valence-electron chi connectivity index (χ0n) is 14.9. The zero-order chi connectivity index (χ0) is 18.5. The molecule has 3 heterocycles. The second-order valence-corrected chi connectivity index (χ2v) is 8.07. The molecule has 2 aromatic rings. The summed E-state index contributed by atoms with van der Waals surface area (Å²) in [5.74, 6) is -0.173. The molecular formula is C20H20ClN5O. The first kappa shape index (κ1) is 16.6. The molecule has 2 aliphatic heterocycles. The summed E-state index contributed by atoms with van der Waals surface area (Å²) >= 11 is 6.45. The molecule has 1 amide bonds. The first-order valence-corrected chi connectivity index (χ1v) is 9.88. The summed E-state index contributed by atoms with van der Waals surface area (Å²) in [6.07, 6.45) is 10.3. The highest BCUT2D eigenvalue weighted by Crippen LogP contribution is 2.37. The number of rotatable bonds is 3. The van der Waals surface area contributed by atoms with Gasteiger partial charge in [0, 0.05) is 11.7 Å². The fraction of sp³-hybridized carbons (Fsp3) is 0.450. The van der Waals surface area contributed by atoms with Gasteiger partial charge in [-0.05, 0) is 62.3 Å². The van der Waals surface area contributed by atoms with E-state index in [-0.39, 0.29) is 24.0 Å². The van der Waals surface area contributed by atoms with E-state index in [9.17, 15) is 10.1 Å². The van der Waals surface area contributed by atoms with Crippen LogP contribution in [-0.4, -0.2) is 38.7 Å². The molecular weight excluding hydrogens is 362 g/mol. The van der Waals surface area contributed by atoms with E-state index >= 15 is 0 Å². The van der Waals surface area contributed by atoms with Crippen LogP contribution in [0.3, 0.4) is 0 Å². The van der Waals surface area contributed by atoms with E-state index in [1.165, 1.54) is 11.3 Å². The Morgan fingerprint density at radius 2 is 2.22 bits per heavy atom. The Morgan fingerprint density at radius 3 is 3.00 bits per heavy atom. The molecule has 3 aliphatic rings. The minimum atomic E-state index is -0.173. The van der Waals surface area contributed by atoms with E-state index in [0.29, 0.717) is 10.6 Å². The third-order valence-corrected chi connectivity index (χ3v) is 6.54. The molecule has 7 heteroatoms. The van der Waals surface area contributed by atoms with Gasteiger partial charge in [-0.15, -0.1) is 0 Å². The van der Waals surface area contributed by atoms with E-state index < -0.39 is 0 Å². The van der Waals surface area contributed by atoms with Gasteiger partial charge in [0.05, 0.1) is 34.6 Å². The number of nitrogens with zero attached hydrogens (tertiary/aromatic N) is 4. The second kappa shape index (κ2) is 6.28. The van der Waals surface area contributed by atoms with Gasteiger partial charge in [0.2, 0.25) is 0 Å². The number of fused-ring (bicyclic) bond motifs is 3. The Bertz CT molecular complexity index is 962. The molecule has 3 atom stereocenters.